The SMILES string of the molecule is CC[C@@H]1C=C([C@](O)(C(=O)OC)c2cc(C(F)(F)F)cc(C(F)(F)F)c2)c2cc(C(F)(F)F)ccc2N1C(=O)O. The molecule has 0 aromatic heterocycles. The molecule has 0 unspecified atom stereocenters. The molecule has 3 rings (SSSR count). The number of rotatable bonds is 4. The van der Waals surface area contributed by atoms with Crippen molar-refractivity contribution in [2.24, 2.45) is 0 Å². The molecule has 0 spiro atoms. The zero-order valence-electron chi connectivity index (χ0n) is 19.8. The van der Waals surface area contributed by atoms with Crippen LogP contribution in [0.3, 0.4) is 0 Å². The van der Waals surface area contributed by atoms with Crippen LogP contribution in [-0.4, -0.2) is 35.4 Å². The van der Waals surface area contributed by atoms with E-state index in [4.69, 9.17) is 0 Å². The second-order valence-corrected chi connectivity index (χ2v) is 8.43. The minimum atomic E-state index is -5.40. The molecule has 0 fully saturated rings. The van der Waals surface area contributed by atoms with E-state index in [-0.39, 0.29) is 24.6 Å². The van der Waals surface area contributed by atoms with Crippen LogP contribution < -0.4 is 4.90 Å². The number of amides is 1. The molecular formula is C24H18F9NO5. The third-order valence-corrected chi connectivity index (χ3v) is 6.06. The normalized spacial score (nSPS) is 17.7. The maximum atomic E-state index is 13.6. The first-order chi connectivity index (χ1) is 17.8. The summed E-state index contributed by atoms with van der Waals surface area (Å²) in [6.07, 6.45) is -16.8. The number of nitrogens with zero attached hydrogens (tertiary/aromatic N) is 1. The van der Waals surface area contributed by atoms with Gasteiger partial charge in [0.05, 0.1) is 35.5 Å². The third-order valence-electron chi connectivity index (χ3n) is 6.06. The summed E-state index contributed by atoms with van der Waals surface area (Å²) in [7, 11) is 0.642. The topological polar surface area (TPSA) is 87.1 Å². The van der Waals surface area contributed by atoms with E-state index in [1.54, 1.807) is 0 Å². The van der Waals surface area contributed by atoms with E-state index in [0.717, 1.165) is 6.08 Å². The molecule has 212 valence electrons. The summed E-state index contributed by atoms with van der Waals surface area (Å²) >= 11 is 0. The molecule has 1 aliphatic heterocycles. The first-order valence-electron chi connectivity index (χ1n) is 10.8. The van der Waals surface area contributed by atoms with Gasteiger partial charge >= 0.3 is 30.6 Å². The Morgan fingerprint density at radius 2 is 1.33 bits per heavy atom. The molecule has 0 aliphatic carbocycles. The minimum absolute atomic E-state index is 0.0325. The van der Waals surface area contributed by atoms with Crippen molar-refractivity contribution in [3.63, 3.8) is 0 Å². The highest BCUT2D eigenvalue weighted by Crippen LogP contribution is 2.49. The smallest absolute Gasteiger partial charge is 0.416 e. The number of methoxy groups -OCH3 is 1. The van der Waals surface area contributed by atoms with E-state index >= 15 is 0 Å². The van der Waals surface area contributed by atoms with Crippen LogP contribution in [0.1, 0.15) is 41.2 Å². The Morgan fingerprint density at radius 1 is 0.846 bits per heavy atom. The predicted molar refractivity (Wildman–Crippen MR) is 116 cm³/mol. The average Bonchev–Trinajstić information content (AvgIpc) is 2.84. The van der Waals surface area contributed by atoms with E-state index in [0.29, 0.717) is 30.2 Å². The Kier molecular flexibility index (Phi) is 7.47. The van der Waals surface area contributed by atoms with Crippen molar-refractivity contribution in [1.29, 1.82) is 0 Å². The lowest BCUT2D eigenvalue weighted by Crippen LogP contribution is -2.45. The van der Waals surface area contributed by atoms with Crippen molar-refractivity contribution >= 4 is 23.3 Å². The molecule has 1 amide bonds. The summed E-state index contributed by atoms with van der Waals surface area (Å²) in [6, 6.07) is 0.0178. The number of hydrogen-bond acceptors (Lipinski definition) is 4. The lowest BCUT2D eigenvalue weighted by Gasteiger charge is -2.39. The van der Waals surface area contributed by atoms with Gasteiger partial charge in [-0.2, -0.15) is 39.5 Å². The summed E-state index contributed by atoms with van der Waals surface area (Å²) in [5, 5.41) is 21.3. The fourth-order valence-electron chi connectivity index (χ4n) is 4.23. The third kappa shape index (κ3) is 5.40. The van der Waals surface area contributed by atoms with E-state index < -0.39 is 81.3 Å². The Balaban J connectivity index is 2.49. The highest BCUT2D eigenvalue weighted by Gasteiger charge is 2.50. The quantitative estimate of drug-likeness (QED) is 0.325. The number of anilines is 1. The Bertz CT molecular complexity index is 1300. The maximum absolute atomic E-state index is 13.6. The highest BCUT2D eigenvalue weighted by molar-refractivity contribution is 6.04. The van der Waals surface area contributed by atoms with Gasteiger partial charge in [0.25, 0.3) is 0 Å². The van der Waals surface area contributed by atoms with Crippen molar-refractivity contribution in [3.8, 4) is 0 Å². The fourth-order valence-corrected chi connectivity index (χ4v) is 4.23. The van der Waals surface area contributed by atoms with Gasteiger partial charge in [-0.15, -0.1) is 0 Å². The van der Waals surface area contributed by atoms with Gasteiger partial charge in [-0.05, 0) is 42.8 Å². The molecule has 2 N–H and O–H groups in total. The number of benzene rings is 2. The molecule has 1 aliphatic rings. The van der Waals surface area contributed by atoms with Crippen LogP contribution in [-0.2, 0) is 33.7 Å². The number of fused-ring (bicyclic) bond motifs is 1. The van der Waals surface area contributed by atoms with E-state index in [1.165, 1.54) is 6.92 Å². The number of ether oxygens (including phenoxy) is 1. The van der Waals surface area contributed by atoms with Crippen LogP contribution in [0.25, 0.3) is 5.57 Å². The van der Waals surface area contributed by atoms with Crippen LogP contribution >= 0.6 is 0 Å². The number of hydrogen-bond donors (Lipinski definition) is 2. The average molecular weight is 571 g/mol. The van der Waals surface area contributed by atoms with Gasteiger partial charge in [-0.25, -0.2) is 9.59 Å². The summed E-state index contributed by atoms with van der Waals surface area (Å²) in [5.74, 6) is -1.83. The highest BCUT2D eigenvalue weighted by atomic mass is 19.4. The first kappa shape index (κ1) is 29.8. The van der Waals surface area contributed by atoms with Gasteiger partial charge < -0.3 is 14.9 Å². The molecule has 0 saturated heterocycles. The van der Waals surface area contributed by atoms with Crippen LogP contribution in [0.5, 0.6) is 0 Å². The zero-order chi connectivity index (χ0) is 29.7. The molecule has 2 atom stereocenters. The fraction of sp³-hybridized carbons (Fsp3) is 0.333. The summed E-state index contributed by atoms with van der Waals surface area (Å²) in [6.45, 7) is 1.41. The Labute approximate surface area is 213 Å². The lowest BCUT2D eigenvalue weighted by molar-refractivity contribution is -0.158. The molecule has 0 bridgehead atoms. The van der Waals surface area contributed by atoms with Gasteiger partial charge in [-0.1, -0.05) is 13.0 Å². The molecule has 1 heterocycles. The lowest BCUT2D eigenvalue weighted by atomic mass is 9.77. The van der Waals surface area contributed by atoms with Crippen molar-refractivity contribution < 1.29 is 64.1 Å². The molecule has 39 heavy (non-hydrogen) atoms. The van der Waals surface area contributed by atoms with E-state index in [9.17, 15) is 59.3 Å². The van der Waals surface area contributed by atoms with Crippen molar-refractivity contribution in [2.75, 3.05) is 12.0 Å². The largest absolute Gasteiger partial charge is 0.466 e. The number of esters is 1. The Morgan fingerprint density at radius 3 is 1.74 bits per heavy atom. The number of aliphatic hydroxyl groups is 1. The number of carbonyl (C=O) groups is 2. The minimum Gasteiger partial charge on any atom is -0.466 e. The molecule has 15 heteroatoms. The van der Waals surface area contributed by atoms with Crippen LogP contribution in [0.2, 0.25) is 0 Å². The predicted octanol–water partition coefficient (Wildman–Crippen LogP) is 6.46. The van der Waals surface area contributed by atoms with Gasteiger partial charge in [0.15, 0.2) is 0 Å². The maximum Gasteiger partial charge on any atom is 0.416 e. The van der Waals surface area contributed by atoms with E-state index in [1.807, 2.05) is 0 Å². The van der Waals surface area contributed by atoms with Crippen molar-refractivity contribution in [3.05, 3.63) is 70.3 Å². The standard InChI is InChI=1S/C24H18F9NO5/c1-3-15-10-17(16-9-11(22(25,26)27)4-5-18(16)34(15)20(36)37)21(38,19(35)39-2)12-6-13(23(28,29)30)8-14(7-12)24(31,32)33/h4-10,15,38H,3H2,1-2H3,(H,36,37)/t15-,21+/m1/s1. The van der Waals surface area contributed by atoms with Crippen LogP contribution in [0.15, 0.2) is 42.5 Å². The zero-order valence-corrected chi connectivity index (χ0v) is 19.8. The molecule has 6 nitrogen and oxygen atoms in total. The number of carbonyl (C=O) groups excluding carboxylic acids is 1. The summed E-state index contributed by atoms with van der Waals surface area (Å²) in [4.78, 5) is 25.5. The number of carboxylic acid groups (broad SMARTS) is 1. The second kappa shape index (κ2) is 9.77. The van der Waals surface area contributed by atoms with E-state index in [2.05, 4.69) is 4.74 Å². The van der Waals surface area contributed by atoms with Crippen LogP contribution in [0.4, 0.5) is 50.0 Å². The van der Waals surface area contributed by atoms with Gasteiger partial charge in [-0.3, -0.25) is 4.90 Å². The second-order valence-electron chi connectivity index (χ2n) is 8.43. The van der Waals surface area contributed by atoms with Crippen molar-refractivity contribution in [2.45, 2.75) is 43.5 Å². The number of halogens is 9. The van der Waals surface area contributed by atoms with Gasteiger partial charge in [0.1, 0.15) is 0 Å². The molecule has 0 saturated carbocycles. The molecule has 0 radical (unpaired) electrons. The van der Waals surface area contributed by atoms with Crippen LogP contribution in [0, 0.1) is 0 Å². The molecule has 2 aromatic rings. The summed E-state index contributed by atoms with van der Waals surface area (Å²) < 4.78 is 126. The van der Waals surface area contributed by atoms with Crippen molar-refractivity contribution in [1.82, 2.24) is 0 Å². The molecular weight excluding hydrogens is 553 g/mol. The Hall–Kier alpha value is -3.75. The summed E-state index contributed by atoms with van der Waals surface area (Å²) in [5.41, 5.74) is -12.3. The van der Waals surface area contributed by atoms with Gasteiger partial charge in [0.2, 0.25) is 5.60 Å². The number of alkyl halides is 9. The first-order valence-corrected chi connectivity index (χ1v) is 10.8. The molecule has 2 aromatic carbocycles. The van der Waals surface area contributed by atoms with Gasteiger partial charge in [0, 0.05) is 16.7 Å². The monoisotopic (exact) mass is 571 g/mol.